The number of aliphatic hydroxyl groups is 1. The first-order valence-electron chi connectivity index (χ1n) is 12.8. The Labute approximate surface area is 237 Å². The van der Waals surface area contributed by atoms with E-state index in [1.54, 1.807) is 0 Å². The van der Waals surface area contributed by atoms with Gasteiger partial charge in [-0.25, -0.2) is 4.57 Å². The van der Waals surface area contributed by atoms with Crippen molar-refractivity contribution >= 4 is 7.82 Å². The van der Waals surface area contributed by atoms with E-state index in [4.69, 9.17) is 24.4 Å². The summed E-state index contributed by atoms with van der Waals surface area (Å²) >= 11 is 0. The second kappa shape index (κ2) is 31.7. The summed E-state index contributed by atoms with van der Waals surface area (Å²) in [6.07, 6.45) is 31.1. The van der Waals surface area contributed by atoms with Crippen molar-refractivity contribution in [3.8, 4) is 0 Å². The molecular formula is C24H54KO5P. The summed E-state index contributed by atoms with van der Waals surface area (Å²) in [5.41, 5.74) is 0. The molecule has 0 fully saturated rings. The van der Waals surface area contributed by atoms with Gasteiger partial charge in [-0.15, -0.1) is 0 Å². The number of hydrogen-bond donors (Lipinski definition) is 4. The van der Waals surface area contributed by atoms with Crippen LogP contribution in [-0.2, 0) is 4.57 Å². The third-order valence-corrected chi connectivity index (χ3v) is 5.51. The quantitative estimate of drug-likeness (QED) is 0.0991. The fraction of sp³-hybridized carbons (Fsp3) is 1.00. The Bertz CT molecular complexity index is 329. The molecule has 0 spiro atoms. The van der Waals surface area contributed by atoms with E-state index >= 15 is 0 Å². The maximum Gasteiger partial charge on any atom is 1.00 e. The van der Waals surface area contributed by atoms with Gasteiger partial charge in [0.2, 0.25) is 0 Å². The number of phosphoric acid groups is 1. The largest absolute Gasteiger partial charge is 1.00 e. The van der Waals surface area contributed by atoms with Crippen molar-refractivity contribution in [3.05, 3.63) is 0 Å². The van der Waals surface area contributed by atoms with Gasteiger partial charge in [-0.05, 0) is 6.42 Å². The fourth-order valence-electron chi connectivity index (χ4n) is 3.72. The Hall–Kier alpha value is 1.71. The van der Waals surface area contributed by atoms with Gasteiger partial charge < -0.3 is 21.2 Å². The molecule has 0 aromatic carbocycles. The summed E-state index contributed by atoms with van der Waals surface area (Å²) in [7, 11) is -4.64. The molecule has 0 aliphatic heterocycles. The molecule has 0 saturated carbocycles. The van der Waals surface area contributed by atoms with E-state index in [0.717, 1.165) is 6.42 Å². The van der Waals surface area contributed by atoms with Gasteiger partial charge in [-0.1, -0.05) is 142 Å². The molecule has 4 N–H and O–H groups in total. The molecule has 0 rings (SSSR count). The van der Waals surface area contributed by atoms with Gasteiger partial charge in [0.15, 0.2) is 0 Å². The maximum atomic E-state index is 8.88. The molecule has 0 radical (unpaired) electrons. The second-order valence-corrected chi connectivity index (χ2v) is 9.69. The van der Waals surface area contributed by atoms with Crippen molar-refractivity contribution in [2.45, 2.75) is 148 Å². The summed E-state index contributed by atoms with van der Waals surface area (Å²) in [6.45, 7) is 2.67. The zero-order chi connectivity index (χ0) is 22.8. The Balaban J connectivity index is -0.000000501. The third kappa shape index (κ3) is 49.8. The molecule has 5 nitrogen and oxygen atoms in total. The first-order chi connectivity index (χ1) is 14.4. The maximum absolute atomic E-state index is 8.88. The van der Waals surface area contributed by atoms with Crippen LogP contribution in [0.4, 0.5) is 0 Å². The summed E-state index contributed by atoms with van der Waals surface area (Å²) in [4.78, 5) is 21.6. The van der Waals surface area contributed by atoms with Crippen molar-refractivity contribution in [1.82, 2.24) is 0 Å². The molecule has 0 aromatic heterocycles. The average molecular weight is 493 g/mol. The summed E-state index contributed by atoms with van der Waals surface area (Å²) in [6, 6.07) is 0. The molecule has 0 heterocycles. The predicted molar refractivity (Wildman–Crippen MR) is 130 cm³/mol. The molecule has 7 heteroatoms. The Morgan fingerprint density at radius 3 is 0.806 bits per heavy atom. The van der Waals surface area contributed by atoms with Crippen LogP contribution in [-0.4, -0.2) is 26.4 Å². The normalized spacial score (nSPS) is 11.0. The summed E-state index contributed by atoms with van der Waals surface area (Å²) in [5.74, 6) is 0. The number of aliphatic hydroxyl groups excluding tert-OH is 1. The molecule has 0 amide bonds. The van der Waals surface area contributed by atoms with Crippen LogP contribution in [0.1, 0.15) is 150 Å². The van der Waals surface area contributed by atoms with Gasteiger partial charge in [0.25, 0.3) is 0 Å². The molecule has 0 aliphatic carbocycles. The first-order valence-corrected chi connectivity index (χ1v) is 14.4. The molecule has 0 saturated heterocycles. The predicted octanol–water partition coefficient (Wildman–Crippen LogP) is 4.77. The molecule has 0 atom stereocenters. The molecule has 0 unspecified atom stereocenters. The van der Waals surface area contributed by atoms with E-state index in [1.165, 1.54) is 135 Å². The van der Waals surface area contributed by atoms with Gasteiger partial charge in [0.1, 0.15) is 0 Å². The first kappa shape index (κ1) is 37.3. The topological polar surface area (TPSA) is 98.0 Å². The molecule has 186 valence electrons. The van der Waals surface area contributed by atoms with Crippen LogP contribution < -0.4 is 51.4 Å². The van der Waals surface area contributed by atoms with Gasteiger partial charge in [-0.2, -0.15) is 0 Å². The van der Waals surface area contributed by atoms with Crippen LogP contribution in [0.3, 0.4) is 0 Å². The second-order valence-electron chi connectivity index (χ2n) is 8.66. The van der Waals surface area contributed by atoms with Crippen molar-refractivity contribution < 1.29 is 77.2 Å². The minimum Gasteiger partial charge on any atom is -1.00 e. The number of hydrogen-bond acceptors (Lipinski definition) is 2. The van der Waals surface area contributed by atoms with Crippen LogP contribution >= 0.6 is 7.82 Å². The van der Waals surface area contributed by atoms with Crippen LogP contribution in [0.5, 0.6) is 0 Å². The van der Waals surface area contributed by atoms with Gasteiger partial charge in [0.05, 0.1) is 0 Å². The molecule has 0 aromatic rings. The standard InChI is InChI=1S/C24H50O.K.H3O4P.H/c1-2-3-4-5-6-7-8-9-10-11-12-13-14-15-16-17-18-19-20-21-22-23-24-25;;1-5(2,3)4;/h25H,2-24H2,1H3;;(H3,1,2,3,4);/q;+1;;-1. The van der Waals surface area contributed by atoms with E-state index in [2.05, 4.69) is 6.92 Å². The summed E-state index contributed by atoms with van der Waals surface area (Å²) < 4.78 is 8.88. The molecule has 31 heavy (non-hydrogen) atoms. The monoisotopic (exact) mass is 492 g/mol. The van der Waals surface area contributed by atoms with E-state index < -0.39 is 7.82 Å². The average Bonchev–Trinajstić information content (AvgIpc) is 2.68. The van der Waals surface area contributed by atoms with Gasteiger partial charge >= 0.3 is 59.2 Å². The minimum atomic E-state index is -4.64. The molecule has 0 aliphatic rings. The number of rotatable bonds is 22. The minimum absolute atomic E-state index is 0. The van der Waals surface area contributed by atoms with Crippen molar-refractivity contribution in [3.63, 3.8) is 0 Å². The Kier molecular flexibility index (Phi) is 38.1. The van der Waals surface area contributed by atoms with Crippen LogP contribution in [0, 0.1) is 0 Å². The third-order valence-electron chi connectivity index (χ3n) is 5.51. The zero-order valence-electron chi connectivity index (χ0n) is 21.9. The SMILES string of the molecule is CCCCCCCCCCCCCCCCCCCCCCCCO.O=P(O)(O)O.[H-].[K+]. The smallest absolute Gasteiger partial charge is 1.00 e. The van der Waals surface area contributed by atoms with Crippen molar-refractivity contribution in [2.75, 3.05) is 6.61 Å². The van der Waals surface area contributed by atoms with Crippen molar-refractivity contribution in [2.24, 2.45) is 0 Å². The van der Waals surface area contributed by atoms with Crippen LogP contribution in [0.2, 0.25) is 0 Å². The van der Waals surface area contributed by atoms with E-state index in [-0.39, 0.29) is 52.8 Å². The zero-order valence-corrected chi connectivity index (χ0v) is 24.9. The summed E-state index contributed by atoms with van der Waals surface area (Å²) in [5, 5.41) is 8.72. The van der Waals surface area contributed by atoms with Gasteiger partial charge in [0, 0.05) is 6.61 Å². The van der Waals surface area contributed by atoms with Gasteiger partial charge in [-0.3, -0.25) is 0 Å². The number of unbranched alkanes of at least 4 members (excludes halogenated alkanes) is 21. The molecule has 0 bridgehead atoms. The van der Waals surface area contributed by atoms with E-state index in [1.807, 2.05) is 0 Å². The molecular weight excluding hydrogens is 438 g/mol. The fourth-order valence-corrected chi connectivity index (χ4v) is 3.72. The Morgan fingerprint density at radius 1 is 0.484 bits per heavy atom. The van der Waals surface area contributed by atoms with Crippen LogP contribution in [0.25, 0.3) is 0 Å². The van der Waals surface area contributed by atoms with Crippen molar-refractivity contribution in [1.29, 1.82) is 0 Å². The Morgan fingerprint density at radius 2 is 0.645 bits per heavy atom. The van der Waals surface area contributed by atoms with E-state index in [9.17, 15) is 0 Å². The van der Waals surface area contributed by atoms with E-state index in [0.29, 0.717) is 6.61 Å². The van der Waals surface area contributed by atoms with Crippen LogP contribution in [0.15, 0.2) is 0 Å².